The molecule has 0 saturated carbocycles. The van der Waals surface area contributed by atoms with Crippen LogP contribution >= 0.6 is 0 Å². The van der Waals surface area contributed by atoms with E-state index < -0.39 is 0 Å². The Morgan fingerprint density at radius 1 is 0.739 bits per heavy atom. The largest absolute Gasteiger partial charge is 0.316 e. The zero-order valence-electron chi connectivity index (χ0n) is 13.1. The minimum atomic E-state index is 1.00. The molecule has 1 aliphatic rings. The summed E-state index contributed by atoms with van der Waals surface area (Å²) in [6.07, 6.45) is 2.06. The molecule has 1 aliphatic heterocycles. The number of nitrogens with one attached hydrogen (secondary N) is 1. The quantitative estimate of drug-likeness (QED) is 0.770. The van der Waals surface area contributed by atoms with Crippen LogP contribution in [0.25, 0.3) is 22.4 Å². The standard InChI is InChI=1S/C21H20N2/c1-3-7-16(8-4-1)19-15-18-11-13-22-14-12-20(18)23-21(19)17-9-5-2-6-10-17/h1-10,15,22H,11-14H2. The summed E-state index contributed by atoms with van der Waals surface area (Å²) in [4.78, 5) is 5.08. The molecule has 0 radical (unpaired) electrons. The van der Waals surface area contributed by atoms with Crippen molar-refractivity contribution in [2.75, 3.05) is 13.1 Å². The lowest BCUT2D eigenvalue weighted by Gasteiger charge is -2.14. The van der Waals surface area contributed by atoms with Crippen LogP contribution in [0.15, 0.2) is 66.7 Å². The summed E-state index contributed by atoms with van der Waals surface area (Å²) in [5, 5.41) is 3.47. The Kier molecular flexibility index (Phi) is 3.91. The van der Waals surface area contributed by atoms with Gasteiger partial charge in [-0.3, -0.25) is 4.98 Å². The van der Waals surface area contributed by atoms with Crippen LogP contribution in [0.4, 0.5) is 0 Å². The summed E-state index contributed by atoms with van der Waals surface area (Å²) in [7, 11) is 0. The highest BCUT2D eigenvalue weighted by Gasteiger charge is 2.16. The van der Waals surface area contributed by atoms with E-state index >= 15 is 0 Å². The van der Waals surface area contributed by atoms with E-state index in [4.69, 9.17) is 4.98 Å². The van der Waals surface area contributed by atoms with Crippen LogP contribution in [0.5, 0.6) is 0 Å². The van der Waals surface area contributed by atoms with E-state index in [2.05, 4.69) is 72.0 Å². The van der Waals surface area contributed by atoms with Crippen molar-refractivity contribution in [3.8, 4) is 22.4 Å². The SMILES string of the molecule is c1ccc(-c2cc3c(nc2-c2ccccc2)CCNCC3)cc1. The molecular formula is C21H20N2. The van der Waals surface area contributed by atoms with Crippen molar-refractivity contribution in [3.05, 3.63) is 78.0 Å². The van der Waals surface area contributed by atoms with Crippen LogP contribution in [-0.4, -0.2) is 18.1 Å². The molecule has 2 nitrogen and oxygen atoms in total. The lowest BCUT2D eigenvalue weighted by atomic mass is 9.95. The molecule has 0 bridgehead atoms. The third-order valence-electron chi connectivity index (χ3n) is 4.43. The van der Waals surface area contributed by atoms with E-state index in [1.54, 1.807) is 0 Å². The zero-order chi connectivity index (χ0) is 15.5. The minimum Gasteiger partial charge on any atom is -0.316 e. The number of benzene rings is 2. The van der Waals surface area contributed by atoms with Crippen molar-refractivity contribution in [2.24, 2.45) is 0 Å². The molecule has 1 N–H and O–H groups in total. The van der Waals surface area contributed by atoms with Gasteiger partial charge >= 0.3 is 0 Å². The molecule has 0 aliphatic carbocycles. The first-order valence-electron chi connectivity index (χ1n) is 8.26. The molecule has 0 amide bonds. The molecule has 2 heteroatoms. The predicted octanol–water partition coefficient (Wildman–Crippen LogP) is 4.10. The molecule has 3 aromatic rings. The Morgan fingerprint density at radius 3 is 2.13 bits per heavy atom. The topological polar surface area (TPSA) is 24.9 Å². The molecule has 0 saturated heterocycles. The van der Waals surface area contributed by atoms with Crippen LogP contribution in [0.3, 0.4) is 0 Å². The number of hydrogen-bond acceptors (Lipinski definition) is 2. The molecule has 0 spiro atoms. The van der Waals surface area contributed by atoms with E-state index in [9.17, 15) is 0 Å². The van der Waals surface area contributed by atoms with E-state index in [-0.39, 0.29) is 0 Å². The highest BCUT2D eigenvalue weighted by atomic mass is 14.9. The van der Waals surface area contributed by atoms with Crippen LogP contribution in [0.1, 0.15) is 11.3 Å². The van der Waals surface area contributed by atoms with Gasteiger partial charge in [0.15, 0.2) is 0 Å². The average molecular weight is 300 g/mol. The lowest BCUT2D eigenvalue weighted by Crippen LogP contribution is -2.16. The summed E-state index contributed by atoms with van der Waals surface area (Å²) in [6, 6.07) is 23.5. The summed E-state index contributed by atoms with van der Waals surface area (Å²) in [6.45, 7) is 2.05. The summed E-state index contributed by atoms with van der Waals surface area (Å²) >= 11 is 0. The van der Waals surface area contributed by atoms with Crippen molar-refractivity contribution in [2.45, 2.75) is 12.8 Å². The van der Waals surface area contributed by atoms with Gasteiger partial charge in [-0.2, -0.15) is 0 Å². The molecule has 0 unspecified atom stereocenters. The van der Waals surface area contributed by atoms with Gasteiger partial charge in [0.25, 0.3) is 0 Å². The maximum Gasteiger partial charge on any atom is 0.0783 e. The number of hydrogen-bond donors (Lipinski definition) is 1. The predicted molar refractivity (Wildman–Crippen MR) is 95.4 cm³/mol. The van der Waals surface area contributed by atoms with Crippen LogP contribution in [0.2, 0.25) is 0 Å². The van der Waals surface area contributed by atoms with E-state index in [1.807, 2.05) is 0 Å². The Hall–Kier alpha value is -2.45. The number of aromatic nitrogens is 1. The van der Waals surface area contributed by atoms with E-state index in [0.717, 1.165) is 31.6 Å². The fraction of sp³-hybridized carbons (Fsp3) is 0.190. The van der Waals surface area contributed by atoms with Gasteiger partial charge in [-0.1, -0.05) is 60.7 Å². The fourth-order valence-electron chi connectivity index (χ4n) is 3.23. The molecule has 4 rings (SSSR count). The monoisotopic (exact) mass is 300 g/mol. The van der Waals surface area contributed by atoms with Crippen molar-refractivity contribution >= 4 is 0 Å². The zero-order valence-corrected chi connectivity index (χ0v) is 13.1. The number of rotatable bonds is 2. The van der Waals surface area contributed by atoms with E-state index in [0.29, 0.717) is 0 Å². The number of fused-ring (bicyclic) bond motifs is 1. The molecule has 1 aromatic heterocycles. The smallest absolute Gasteiger partial charge is 0.0783 e. The van der Waals surface area contributed by atoms with Gasteiger partial charge in [0.05, 0.1) is 5.69 Å². The van der Waals surface area contributed by atoms with E-state index in [1.165, 1.54) is 27.9 Å². The first kappa shape index (κ1) is 14.2. The lowest BCUT2D eigenvalue weighted by molar-refractivity contribution is 0.708. The highest BCUT2D eigenvalue weighted by Crippen LogP contribution is 2.32. The third kappa shape index (κ3) is 2.90. The second-order valence-corrected chi connectivity index (χ2v) is 5.97. The maximum absolute atomic E-state index is 5.08. The first-order chi connectivity index (χ1) is 11.4. The Labute approximate surface area is 137 Å². The van der Waals surface area contributed by atoms with Crippen molar-refractivity contribution in [1.82, 2.24) is 10.3 Å². The Morgan fingerprint density at radius 2 is 1.39 bits per heavy atom. The van der Waals surface area contributed by atoms with Gasteiger partial charge < -0.3 is 5.32 Å². The van der Waals surface area contributed by atoms with Crippen molar-refractivity contribution in [1.29, 1.82) is 0 Å². The van der Waals surface area contributed by atoms with Crippen molar-refractivity contribution in [3.63, 3.8) is 0 Å². The van der Waals surface area contributed by atoms with Gasteiger partial charge in [-0.15, -0.1) is 0 Å². The summed E-state index contributed by atoms with van der Waals surface area (Å²) in [5.41, 5.74) is 7.38. The second kappa shape index (κ2) is 6.35. The Balaban J connectivity index is 1.93. The average Bonchev–Trinajstić information content (AvgIpc) is 2.87. The first-order valence-corrected chi connectivity index (χ1v) is 8.26. The molecule has 2 heterocycles. The fourth-order valence-corrected chi connectivity index (χ4v) is 3.23. The van der Waals surface area contributed by atoms with Gasteiger partial charge in [0.1, 0.15) is 0 Å². The van der Waals surface area contributed by atoms with Gasteiger partial charge in [0.2, 0.25) is 0 Å². The molecule has 0 fully saturated rings. The minimum absolute atomic E-state index is 1.00. The van der Waals surface area contributed by atoms with Gasteiger partial charge in [0, 0.05) is 29.8 Å². The molecule has 0 atom stereocenters. The molecule has 114 valence electrons. The third-order valence-corrected chi connectivity index (χ3v) is 4.43. The number of nitrogens with zero attached hydrogens (tertiary/aromatic N) is 1. The molecular weight excluding hydrogens is 280 g/mol. The summed E-state index contributed by atoms with van der Waals surface area (Å²) < 4.78 is 0. The molecule has 23 heavy (non-hydrogen) atoms. The van der Waals surface area contributed by atoms with Gasteiger partial charge in [-0.05, 0) is 30.2 Å². The highest BCUT2D eigenvalue weighted by molar-refractivity contribution is 5.81. The van der Waals surface area contributed by atoms with Crippen LogP contribution in [-0.2, 0) is 12.8 Å². The Bertz CT molecular complexity index is 726. The normalized spacial score (nSPS) is 14.1. The molecule has 2 aromatic carbocycles. The maximum atomic E-state index is 5.08. The number of pyridine rings is 1. The van der Waals surface area contributed by atoms with Gasteiger partial charge in [-0.25, -0.2) is 0 Å². The summed E-state index contributed by atoms with van der Waals surface area (Å²) in [5.74, 6) is 0. The van der Waals surface area contributed by atoms with Crippen molar-refractivity contribution < 1.29 is 0 Å². The second-order valence-electron chi connectivity index (χ2n) is 5.97. The van der Waals surface area contributed by atoms with Crippen LogP contribution in [0, 0.1) is 0 Å². The van der Waals surface area contributed by atoms with Crippen LogP contribution < -0.4 is 5.32 Å².